The number of aryl methyl sites for hydroxylation is 1. The Bertz CT molecular complexity index is 638. The van der Waals surface area contributed by atoms with Crippen LogP contribution in [0, 0.1) is 6.92 Å². The average molecular weight is 293 g/mol. The predicted octanol–water partition coefficient (Wildman–Crippen LogP) is 2.10. The van der Waals surface area contributed by atoms with Gasteiger partial charge in [-0.1, -0.05) is 11.6 Å². The summed E-state index contributed by atoms with van der Waals surface area (Å²) in [6.07, 6.45) is 5.55. The van der Waals surface area contributed by atoms with E-state index in [0.29, 0.717) is 16.7 Å². The summed E-state index contributed by atoms with van der Waals surface area (Å²) in [4.78, 5) is 10.4. The highest BCUT2D eigenvalue weighted by Gasteiger charge is 2.31. The number of nitrogens with zero attached hydrogens (tertiary/aromatic N) is 5. The molecule has 106 valence electrons. The van der Waals surface area contributed by atoms with Gasteiger partial charge in [0.1, 0.15) is 17.2 Å². The first kappa shape index (κ1) is 13.2. The summed E-state index contributed by atoms with van der Waals surface area (Å²) in [5.74, 6) is 1.04. The number of hydrogen-bond donors (Lipinski definition) is 1. The summed E-state index contributed by atoms with van der Waals surface area (Å²) < 4.78 is 1.89. The summed E-state index contributed by atoms with van der Waals surface area (Å²) in [7, 11) is 1.95. The van der Waals surface area contributed by atoms with Crippen molar-refractivity contribution in [2.75, 3.05) is 17.2 Å². The third-order valence-corrected chi connectivity index (χ3v) is 4.32. The highest BCUT2D eigenvalue weighted by atomic mass is 35.5. The van der Waals surface area contributed by atoms with Crippen molar-refractivity contribution in [1.29, 1.82) is 0 Å². The monoisotopic (exact) mass is 292 g/mol. The van der Waals surface area contributed by atoms with E-state index in [1.807, 2.05) is 17.9 Å². The third-order valence-electron chi connectivity index (χ3n) is 3.96. The molecule has 0 unspecified atom stereocenters. The van der Waals surface area contributed by atoms with E-state index in [2.05, 4.69) is 26.9 Å². The molecule has 2 N–H and O–H groups in total. The van der Waals surface area contributed by atoms with E-state index in [9.17, 15) is 0 Å². The van der Waals surface area contributed by atoms with Crippen LogP contribution in [0.3, 0.4) is 0 Å². The number of hydrogen-bond acceptors (Lipinski definition) is 5. The lowest BCUT2D eigenvalue weighted by atomic mass is 10.1. The molecule has 0 amide bonds. The predicted molar refractivity (Wildman–Crippen MR) is 78.7 cm³/mol. The summed E-state index contributed by atoms with van der Waals surface area (Å²) >= 11 is 6.26. The van der Waals surface area contributed by atoms with Crippen LogP contribution in [-0.2, 0) is 7.05 Å². The molecule has 2 aromatic heterocycles. The number of nitrogens with two attached hydrogens (primary N) is 1. The molecule has 1 aliphatic heterocycles. The third kappa shape index (κ3) is 2.00. The number of nitrogen functional groups attached to an aromatic ring is 1. The Kier molecular flexibility index (Phi) is 3.25. The van der Waals surface area contributed by atoms with E-state index in [-0.39, 0.29) is 6.04 Å². The van der Waals surface area contributed by atoms with Gasteiger partial charge in [-0.25, -0.2) is 9.97 Å². The minimum Gasteiger partial charge on any atom is -0.382 e. The second kappa shape index (κ2) is 4.94. The Labute approximate surface area is 122 Å². The van der Waals surface area contributed by atoms with Crippen molar-refractivity contribution in [3.8, 4) is 0 Å². The quantitative estimate of drug-likeness (QED) is 0.917. The molecule has 1 aliphatic rings. The van der Waals surface area contributed by atoms with Crippen molar-refractivity contribution in [3.05, 3.63) is 28.8 Å². The number of halogens is 1. The van der Waals surface area contributed by atoms with E-state index in [4.69, 9.17) is 17.3 Å². The topological polar surface area (TPSA) is 72.9 Å². The highest BCUT2D eigenvalue weighted by molar-refractivity contribution is 6.35. The lowest BCUT2D eigenvalue weighted by Crippen LogP contribution is -2.24. The van der Waals surface area contributed by atoms with E-state index in [1.165, 1.54) is 17.6 Å². The zero-order chi connectivity index (χ0) is 14.3. The second-order valence-electron chi connectivity index (χ2n) is 5.06. The van der Waals surface area contributed by atoms with Gasteiger partial charge in [0.15, 0.2) is 5.82 Å². The van der Waals surface area contributed by atoms with Crippen LogP contribution in [0.5, 0.6) is 0 Å². The fourth-order valence-corrected chi connectivity index (χ4v) is 2.97. The van der Waals surface area contributed by atoms with Crippen molar-refractivity contribution < 1.29 is 0 Å². The lowest BCUT2D eigenvalue weighted by molar-refractivity contribution is 0.693. The average Bonchev–Trinajstić information content (AvgIpc) is 3.01. The van der Waals surface area contributed by atoms with Crippen LogP contribution in [0.15, 0.2) is 12.5 Å². The van der Waals surface area contributed by atoms with Gasteiger partial charge in [0.25, 0.3) is 0 Å². The SMILES string of the molecule is Cc1c([C@@H]2CCCN2c2ncnc(N)c2Cl)cnn1C. The van der Waals surface area contributed by atoms with Crippen LogP contribution in [0.4, 0.5) is 11.6 Å². The molecule has 7 heteroatoms. The number of rotatable bonds is 2. The summed E-state index contributed by atoms with van der Waals surface area (Å²) in [6, 6.07) is 0.246. The van der Waals surface area contributed by atoms with Gasteiger partial charge < -0.3 is 10.6 Å². The molecule has 0 spiro atoms. The molecule has 2 aromatic rings. The molecule has 0 aliphatic carbocycles. The molecular formula is C13H17ClN6. The molecule has 0 saturated carbocycles. The van der Waals surface area contributed by atoms with Crippen LogP contribution < -0.4 is 10.6 Å². The molecule has 1 atom stereocenters. The molecule has 3 heterocycles. The number of anilines is 2. The smallest absolute Gasteiger partial charge is 0.153 e. The van der Waals surface area contributed by atoms with E-state index >= 15 is 0 Å². The standard InChI is InChI=1S/C13H17ClN6/c1-8-9(6-18-19(8)2)10-4-3-5-20(10)13-11(14)12(15)16-7-17-13/h6-7,10H,3-5H2,1-2H3,(H2,15,16,17)/t10-/m0/s1. The van der Waals surface area contributed by atoms with Crippen molar-refractivity contribution in [3.63, 3.8) is 0 Å². The maximum Gasteiger partial charge on any atom is 0.153 e. The molecule has 0 bridgehead atoms. The largest absolute Gasteiger partial charge is 0.382 e. The second-order valence-corrected chi connectivity index (χ2v) is 5.43. The van der Waals surface area contributed by atoms with Gasteiger partial charge in [0.05, 0.1) is 12.2 Å². The van der Waals surface area contributed by atoms with E-state index in [1.54, 1.807) is 0 Å². The van der Waals surface area contributed by atoms with Gasteiger partial charge in [-0.3, -0.25) is 4.68 Å². The van der Waals surface area contributed by atoms with Crippen LogP contribution in [-0.4, -0.2) is 26.3 Å². The van der Waals surface area contributed by atoms with Gasteiger partial charge >= 0.3 is 0 Å². The van der Waals surface area contributed by atoms with Gasteiger partial charge in [-0.2, -0.15) is 5.10 Å². The minimum absolute atomic E-state index is 0.246. The highest BCUT2D eigenvalue weighted by Crippen LogP contribution is 2.39. The zero-order valence-electron chi connectivity index (χ0n) is 11.5. The van der Waals surface area contributed by atoms with Crippen LogP contribution >= 0.6 is 11.6 Å². The maximum atomic E-state index is 6.26. The fourth-order valence-electron chi connectivity index (χ4n) is 2.76. The first-order chi connectivity index (χ1) is 9.59. The van der Waals surface area contributed by atoms with E-state index < -0.39 is 0 Å². The Morgan fingerprint density at radius 3 is 2.90 bits per heavy atom. The molecule has 1 fully saturated rings. The Morgan fingerprint density at radius 2 is 2.20 bits per heavy atom. The van der Waals surface area contributed by atoms with Crippen molar-refractivity contribution in [1.82, 2.24) is 19.7 Å². The van der Waals surface area contributed by atoms with Crippen LogP contribution in [0.1, 0.15) is 30.1 Å². The fraction of sp³-hybridized carbons (Fsp3) is 0.462. The molecule has 0 radical (unpaired) electrons. The molecular weight excluding hydrogens is 276 g/mol. The van der Waals surface area contributed by atoms with Crippen molar-refractivity contribution in [2.45, 2.75) is 25.8 Å². The molecule has 1 saturated heterocycles. The Morgan fingerprint density at radius 1 is 1.40 bits per heavy atom. The summed E-state index contributed by atoms with van der Waals surface area (Å²) in [6.45, 7) is 2.99. The summed E-state index contributed by atoms with van der Waals surface area (Å²) in [5, 5.41) is 4.76. The Balaban J connectivity index is 2.01. The van der Waals surface area contributed by atoms with Crippen LogP contribution in [0.25, 0.3) is 0 Å². The maximum absolute atomic E-state index is 6.26. The lowest BCUT2D eigenvalue weighted by Gasteiger charge is -2.26. The van der Waals surface area contributed by atoms with E-state index in [0.717, 1.165) is 19.4 Å². The molecule has 3 rings (SSSR count). The van der Waals surface area contributed by atoms with Crippen molar-refractivity contribution >= 4 is 23.2 Å². The van der Waals surface area contributed by atoms with Gasteiger partial charge in [-0.05, 0) is 19.8 Å². The van der Waals surface area contributed by atoms with Gasteiger partial charge in [-0.15, -0.1) is 0 Å². The van der Waals surface area contributed by atoms with Gasteiger partial charge in [0.2, 0.25) is 0 Å². The minimum atomic E-state index is 0.246. The zero-order valence-corrected chi connectivity index (χ0v) is 12.3. The summed E-state index contributed by atoms with van der Waals surface area (Å²) in [5.41, 5.74) is 8.17. The van der Waals surface area contributed by atoms with Crippen molar-refractivity contribution in [2.24, 2.45) is 7.05 Å². The Hall–Kier alpha value is -1.82. The molecule has 6 nitrogen and oxygen atoms in total. The normalized spacial score (nSPS) is 18.8. The first-order valence-corrected chi connectivity index (χ1v) is 6.98. The van der Waals surface area contributed by atoms with Gasteiger partial charge in [0, 0.05) is 24.8 Å². The first-order valence-electron chi connectivity index (χ1n) is 6.60. The number of aromatic nitrogens is 4. The molecule has 20 heavy (non-hydrogen) atoms. The molecule has 0 aromatic carbocycles. The van der Waals surface area contributed by atoms with Crippen LogP contribution in [0.2, 0.25) is 5.02 Å².